The monoisotopic (exact) mass is 284 g/mol. The van der Waals surface area contributed by atoms with E-state index in [0.717, 1.165) is 11.1 Å². The zero-order valence-corrected chi connectivity index (χ0v) is 11.8. The largest absolute Gasteiger partial charge is 0.328 e. The number of hydrogen-bond acceptors (Lipinski definition) is 2. The number of hydrogen-bond donors (Lipinski definition) is 1. The normalized spacial score (nSPS) is 21.3. The third kappa shape index (κ3) is 2.54. The average Bonchev–Trinajstić information content (AvgIpc) is 2.50. The molecule has 108 valence electrons. The van der Waals surface area contributed by atoms with Crippen LogP contribution >= 0.6 is 0 Å². The fraction of sp³-hybridized carbons (Fsp3) is 0.235. The maximum atomic E-state index is 12.9. The molecule has 4 heteroatoms. The summed E-state index contributed by atoms with van der Waals surface area (Å²) in [4.78, 5) is 13.7. The summed E-state index contributed by atoms with van der Waals surface area (Å²) < 4.78 is 12.9. The molecule has 1 fully saturated rings. The van der Waals surface area contributed by atoms with Crippen LogP contribution in [0.5, 0.6) is 0 Å². The Bertz CT molecular complexity index is 651. The second kappa shape index (κ2) is 5.30. The molecule has 0 aliphatic carbocycles. The first-order chi connectivity index (χ1) is 10.1. The third-order valence-corrected chi connectivity index (χ3v) is 3.93. The van der Waals surface area contributed by atoms with Gasteiger partial charge in [0.05, 0.1) is 6.04 Å². The van der Waals surface area contributed by atoms with Gasteiger partial charge < -0.3 is 10.6 Å². The van der Waals surface area contributed by atoms with Gasteiger partial charge in [0.25, 0.3) is 0 Å². The summed E-state index contributed by atoms with van der Waals surface area (Å²) in [5.41, 5.74) is 9.06. The van der Waals surface area contributed by atoms with Crippen molar-refractivity contribution < 1.29 is 9.18 Å². The molecule has 0 unspecified atom stereocenters. The van der Waals surface area contributed by atoms with Gasteiger partial charge in [-0.25, -0.2) is 4.39 Å². The van der Waals surface area contributed by atoms with E-state index in [2.05, 4.69) is 0 Å². The Morgan fingerprint density at radius 2 is 1.71 bits per heavy atom. The lowest BCUT2D eigenvalue weighted by Crippen LogP contribution is -2.62. The Kier molecular flexibility index (Phi) is 3.47. The van der Waals surface area contributed by atoms with E-state index >= 15 is 0 Å². The molecule has 1 heterocycles. The van der Waals surface area contributed by atoms with Crippen LogP contribution in [-0.2, 0) is 11.3 Å². The molecule has 1 aliphatic heterocycles. The van der Waals surface area contributed by atoms with Crippen molar-refractivity contribution in [2.45, 2.75) is 25.6 Å². The molecule has 1 aliphatic rings. The van der Waals surface area contributed by atoms with E-state index in [1.165, 1.54) is 17.7 Å². The molecule has 3 rings (SSSR count). The highest BCUT2D eigenvalue weighted by Crippen LogP contribution is 2.35. The average molecular weight is 284 g/mol. The van der Waals surface area contributed by atoms with Gasteiger partial charge in [0.2, 0.25) is 5.91 Å². The summed E-state index contributed by atoms with van der Waals surface area (Å²) in [7, 11) is 0. The number of nitrogens with two attached hydrogens (primary N) is 1. The topological polar surface area (TPSA) is 46.3 Å². The third-order valence-electron chi connectivity index (χ3n) is 3.93. The van der Waals surface area contributed by atoms with Crippen LogP contribution in [0.2, 0.25) is 0 Å². The summed E-state index contributed by atoms with van der Waals surface area (Å²) in [6, 6.07) is 13.6. The van der Waals surface area contributed by atoms with E-state index in [1.54, 1.807) is 17.0 Å². The Morgan fingerprint density at radius 3 is 2.33 bits per heavy atom. The number of benzene rings is 2. The highest BCUT2D eigenvalue weighted by atomic mass is 19.1. The lowest BCUT2D eigenvalue weighted by Gasteiger charge is -2.45. The van der Waals surface area contributed by atoms with Crippen LogP contribution in [0.4, 0.5) is 4.39 Å². The molecule has 0 spiro atoms. The minimum absolute atomic E-state index is 0.0649. The van der Waals surface area contributed by atoms with E-state index in [1.807, 2.05) is 31.2 Å². The summed E-state index contributed by atoms with van der Waals surface area (Å²) in [6.45, 7) is 2.47. The number of amides is 1. The Morgan fingerprint density at radius 1 is 1.10 bits per heavy atom. The van der Waals surface area contributed by atoms with Crippen molar-refractivity contribution in [3.63, 3.8) is 0 Å². The Labute approximate surface area is 123 Å². The van der Waals surface area contributed by atoms with E-state index in [-0.39, 0.29) is 17.8 Å². The molecule has 2 aromatic rings. The van der Waals surface area contributed by atoms with Crippen molar-refractivity contribution in [2.75, 3.05) is 0 Å². The summed E-state index contributed by atoms with van der Waals surface area (Å²) in [6.07, 6.45) is 0. The first-order valence-electron chi connectivity index (χ1n) is 6.93. The number of rotatable bonds is 3. The van der Waals surface area contributed by atoms with E-state index < -0.39 is 6.04 Å². The van der Waals surface area contributed by atoms with Gasteiger partial charge in [-0.15, -0.1) is 0 Å². The summed E-state index contributed by atoms with van der Waals surface area (Å²) in [5, 5.41) is 0. The minimum Gasteiger partial charge on any atom is -0.328 e. The number of halogens is 1. The van der Waals surface area contributed by atoms with Gasteiger partial charge in [-0.2, -0.15) is 0 Å². The molecule has 1 saturated heterocycles. The molecule has 0 saturated carbocycles. The van der Waals surface area contributed by atoms with Crippen LogP contribution in [0.1, 0.15) is 22.7 Å². The first-order valence-corrected chi connectivity index (χ1v) is 6.93. The first kappa shape index (κ1) is 13.8. The van der Waals surface area contributed by atoms with Crippen molar-refractivity contribution in [1.82, 2.24) is 4.90 Å². The van der Waals surface area contributed by atoms with Crippen molar-refractivity contribution in [1.29, 1.82) is 0 Å². The predicted molar refractivity (Wildman–Crippen MR) is 78.8 cm³/mol. The molecular formula is C17H17FN2O. The van der Waals surface area contributed by atoms with Gasteiger partial charge >= 0.3 is 0 Å². The van der Waals surface area contributed by atoms with Gasteiger partial charge in [0.1, 0.15) is 11.9 Å². The Hall–Kier alpha value is -2.20. The maximum Gasteiger partial charge on any atom is 0.242 e. The number of aryl methyl sites for hydroxylation is 1. The highest BCUT2D eigenvalue weighted by Gasteiger charge is 2.45. The molecule has 0 bridgehead atoms. The summed E-state index contributed by atoms with van der Waals surface area (Å²) in [5.74, 6) is -0.342. The molecule has 3 nitrogen and oxygen atoms in total. The standard InChI is InChI=1S/C17H17FN2O/c1-11-2-6-13(7-3-11)16-15(19)17(21)20(16)10-12-4-8-14(18)9-5-12/h2-9,15-16H,10,19H2,1H3/t15-,16+/m0/s1. The zero-order valence-electron chi connectivity index (χ0n) is 11.8. The van der Waals surface area contributed by atoms with Crippen LogP contribution < -0.4 is 5.73 Å². The SMILES string of the molecule is Cc1ccc([C@@H]2[C@H](N)C(=O)N2Cc2ccc(F)cc2)cc1. The molecule has 2 atom stereocenters. The van der Waals surface area contributed by atoms with E-state index in [9.17, 15) is 9.18 Å². The quantitative estimate of drug-likeness (QED) is 0.880. The molecule has 21 heavy (non-hydrogen) atoms. The van der Waals surface area contributed by atoms with Crippen LogP contribution in [0.3, 0.4) is 0 Å². The molecular weight excluding hydrogens is 267 g/mol. The number of β-lactam (4-membered cyclic amide) rings is 1. The summed E-state index contributed by atoms with van der Waals surface area (Å²) >= 11 is 0. The zero-order chi connectivity index (χ0) is 15.0. The van der Waals surface area contributed by atoms with Crippen molar-refractivity contribution in [3.8, 4) is 0 Å². The fourth-order valence-corrected chi connectivity index (χ4v) is 2.69. The van der Waals surface area contributed by atoms with Gasteiger partial charge in [0, 0.05) is 6.54 Å². The lowest BCUT2D eigenvalue weighted by atomic mass is 9.88. The van der Waals surface area contributed by atoms with Crippen LogP contribution in [0, 0.1) is 12.7 Å². The lowest BCUT2D eigenvalue weighted by molar-refractivity contribution is -0.150. The molecule has 0 radical (unpaired) electrons. The van der Waals surface area contributed by atoms with Crippen molar-refractivity contribution in [3.05, 3.63) is 71.0 Å². The maximum absolute atomic E-state index is 12.9. The highest BCUT2D eigenvalue weighted by molar-refractivity contribution is 5.89. The Balaban J connectivity index is 1.81. The molecule has 2 N–H and O–H groups in total. The second-order valence-corrected chi connectivity index (χ2v) is 5.47. The number of nitrogens with zero attached hydrogens (tertiary/aromatic N) is 1. The van der Waals surface area contributed by atoms with Crippen LogP contribution in [0.15, 0.2) is 48.5 Å². The predicted octanol–water partition coefficient (Wildman–Crippen LogP) is 2.54. The number of likely N-dealkylation sites (tertiary alicyclic amines) is 1. The minimum atomic E-state index is -0.492. The van der Waals surface area contributed by atoms with Crippen LogP contribution in [0.25, 0.3) is 0 Å². The van der Waals surface area contributed by atoms with Crippen molar-refractivity contribution >= 4 is 5.91 Å². The number of carbonyl (C=O) groups is 1. The number of carbonyl (C=O) groups excluding carboxylic acids is 1. The van der Waals surface area contributed by atoms with E-state index in [4.69, 9.17) is 5.73 Å². The van der Waals surface area contributed by atoms with Gasteiger partial charge in [0.15, 0.2) is 0 Å². The van der Waals surface area contributed by atoms with Crippen LogP contribution in [-0.4, -0.2) is 16.8 Å². The fourth-order valence-electron chi connectivity index (χ4n) is 2.69. The molecule has 2 aromatic carbocycles. The van der Waals surface area contributed by atoms with E-state index in [0.29, 0.717) is 6.54 Å². The van der Waals surface area contributed by atoms with Crippen molar-refractivity contribution in [2.24, 2.45) is 5.73 Å². The molecule has 1 amide bonds. The molecule has 0 aromatic heterocycles. The van der Waals surface area contributed by atoms with Gasteiger partial charge in [-0.05, 0) is 30.2 Å². The smallest absolute Gasteiger partial charge is 0.242 e. The van der Waals surface area contributed by atoms with Gasteiger partial charge in [-0.1, -0.05) is 42.0 Å². The second-order valence-electron chi connectivity index (χ2n) is 5.47. The van der Waals surface area contributed by atoms with Gasteiger partial charge in [-0.3, -0.25) is 4.79 Å².